The number of hydrogen-bond donors (Lipinski definition) is 2. The average Bonchev–Trinajstić information content (AvgIpc) is 2.72. The van der Waals surface area contributed by atoms with Gasteiger partial charge in [0.1, 0.15) is 0 Å². The van der Waals surface area contributed by atoms with Gasteiger partial charge >= 0.3 is 0 Å². The van der Waals surface area contributed by atoms with Crippen LogP contribution in [0.1, 0.15) is 30.0 Å². The highest BCUT2D eigenvalue weighted by molar-refractivity contribution is 14.0. The van der Waals surface area contributed by atoms with Crippen molar-refractivity contribution in [2.45, 2.75) is 37.6 Å². The van der Waals surface area contributed by atoms with Crippen molar-refractivity contribution in [2.75, 3.05) is 37.8 Å². The molecule has 0 unspecified atom stereocenters. The third kappa shape index (κ3) is 7.38. The number of rotatable bonds is 7. The second-order valence-corrected chi connectivity index (χ2v) is 9.79. The molecule has 0 bridgehead atoms. The Balaban J connectivity index is 0.00000341. The van der Waals surface area contributed by atoms with Crippen LogP contribution in [0.15, 0.2) is 52.4 Å². The van der Waals surface area contributed by atoms with Crippen LogP contribution in [0.4, 0.5) is 5.69 Å². The van der Waals surface area contributed by atoms with Crippen molar-refractivity contribution in [1.29, 1.82) is 0 Å². The van der Waals surface area contributed by atoms with Gasteiger partial charge in [0.25, 0.3) is 0 Å². The zero-order valence-corrected chi connectivity index (χ0v) is 21.7. The SMILES string of the molecule is CCNC(=NCc1ccc2c(c1)CCCN2C)NCCc1ccc(S(C)(=O)=O)cc1.I. The molecular formula is C23H33IN4O2S. The smallest absolute Gasteiger partial charge is 0.191 e. The molecule has 0 saturated carbocycles. The van der Waals surface area contributed by atoms with Gasteiger partial charge < -0.3 is 15.5 Å². The van der Waals surface area contributed by atoms with Gasteiger partial charge in [-0.15, -0.1) is 24.0 Å². The second kappa shape index (κ2) is 11.7. The van der Waals surface area contributed by atoms with E-state index in [0.717, 1.165) is 44.0 Å². The third-order valence-corrected chi connectivity index (χ3v) is 6.44. The molecule has 2 aromatic carbocycles. The molecule has 0 amide bonds. The summed E-state index contributed by atoms with van der Waals surface area (Å²) in [6.45, 7) is 5.32. The Hall–Kier alpha value is -1.81. The zero-order chi connectivity index (χ0) is 21.6. The molecule has 1 heterocycles. The Kier molecular flexibility index (Phi) is 9.61. The number of halogens is 1. The van der Waals surface area contributed by atoms with Gasteiger partial charge in [0, 0.05) is 38.6 Å². The molecule has 2 N–H and O–H groups in total. The number of benzene rings is 2. The van der Waals surface area contributed by atoms with E-state index in [1.54, 1.807) is 12.1 Å². The number of fused-ring (bicyclic) bond motifs is 1. The number of hydrogen-bond acceptors (Lipinski definition) is 4. The minimum atomic E-state index is -3.15. The van der Waals surface area contributed by atoms with Gasteiger partial charge in [-0.25, -0.2) is 13.4 Å². The second-order valence-electron chi connectivity index (χ2n) is 7.78. The van der Waals surface area contributed by atoms with E-state index in [2.05, 4.69) is 47.7 Å². The standard InChI is InChI=1S/C23H32N4O2S.HI/c1-4-24-23(25-14-13-18-7-10-21(11-8-18)30(3,28)29)26-17-19-9-12-22-20(16-19)6-5-15-27(22)2;/h7-12,16H,4-6,13-15,17H2,1-3H3,(H2,24,25,26);1H. The monoisotopic (exact) mass is 556 g/mol. The lowest BCUT2D eigenvalue weighted by Gasteiger charge is -2.27. The van der Waals surface area contributed by atoms with Gasteiger partial charge in [0.2, 0.25) is 0 Å². The summed E-state index contributed by atoms with van der Waals surface area (Å²) in [5.41, 5.74) is 5.05. The summed E-state index contributed by atoms with van der Waals surface area (Å²) in [6.07, 6.45) is 4.35. The lowest BCUT2D eigenvalue weighted by atomic mass is 10.00. The van der Waals surface area contributed by atoms with E-state index in [9.17, 15) is 8.42 Å². The summed E-state index contributed by atoms with van der Waals surface area (Å²) in [7, 11) is -1.00. The van der Waals surface area contributed by atoms with Gasteiger partial charge in [-0.3, -0.25) is 0 Å². The van der Waals surface area contributed by atoms with E-state index in [0.29, 0.717) is 11.4 Å². The largest absolute Gasteiger partial charge is 0.374 e. The fraction of sp³-hybridized carbons (Fsp3) is 0.435. The first-order valence-corrected chi connectivity index (χ1v) is 12.4. The van der Waals surface area contributed by atoms with Gasteiger partial charge in [-0.2, -0.15) is 0 Å². The van der Waals surface area contributed by atoms with Crippen LogP contribution in [-0.2, 0) is 29.2 Å². The fourth-order valence-electron chi connectivity index (χ4n) is 3.68. The molecule has 0 aliphatic carbocycles. The summed E-state index contributed by atoms with van der Waals surface area (Å²) in [5, 5.41) is 6.65. The molecule has 0 aromatic heterocycles. The first-order chi connectivity index (χ1) is 14.4. The lowest BCUT2D eigenvalue weighted by Crippen LogP contribution is -2.38. The Morgan fingerprint density at radius 3 is 2.48 bits per heavy atom. The number of anilines is 1. The third-order valence-electron chi connectivity index (χ3n) is 5.32. The number of nitrogens with one attached hydrogen (secondary N) is 2. The molecule has 170 valence electrons. The highest BCUT2D eigenvalue weighted by Crippen LogP contribution is 2.26. The van der Waals surface area contributed by atoms with Gasteiger partial charge in [-0.05, 0) is 61.1 Å². The van der Waals surface area contributed by atoms with Crippen molar-refractivity contribution < 1.29 is 8.42 Å². The highest BCUT2D eigenvalue weighted by atomic mass is 127. The summed E-state index contributed by atoms with van der Waals surface area (Å²) < 4.78 is 23.1. The van der Waals surface area contributed by atoms with Crippen LogP contribution in [0.2, 0.25) is 0 Å². The van der Waals surface area contributed by atoms with Crippen molar-refractivity contribution in [1.82, 2.24) is 10.6 Å². The predicted octanol–water partition coefficient (Wildman–Crippen LogP) is 3.39. The quantitative estimate of drug-likeness (QED) is 0.311. The molecule has 0 atom stereocenters. The number of aryl methyl sites for hydroxylation is 1. The van der Waals surface area contributed by atoms with E-state index >= 15 is 0 Å². The first kappa shape index (κ1) is 25.5. The van der Waals surface area contributed by atoms with E-state index in [4.69, 9.17) is 4.99 Å². The Morgan fingerprint density at radius 1 is 1.10 bits per heavy atom. The van der Waals surface area contributed by atoms with E-state index < -0.39 is 9.84 Å². The molecule has 0 saturated heterocycles. The topological polar surface area (TPSA) is 73.8 Å². The van der Waals surface area contributed by atoms with Gasteiger partial charge in [-0.1, -0.05) is 24.3 Å². The summed E-state index contributed by atoms with van der Waals surface area (Å²) >= 11 is 0. The summed E-state index contributed by atoms with van der Waals surface area (Å²) in [5.74, 6) is 0.792. The summed E-state index contributed by atoms with van der Waals surface area (Å²) in [6, 6.07) is 13.7. The van der Waals surface area contributed by atoms with Crippen LogP contribution in [0.5, 0.6) is 0 Å². The molecule has 3 rings (SSSR count). The van der Waals surface area contributed by atoms with Gasteiger partial charge in [0.05, 0.1) is 11.4 Å². The average molecular weight is 557 g/mol. The van der Waals surface area contributed by atoms with E-state index in [1.165, 1.54) is 29.5 Å². The van der Waals surface area contributed by atoms with Crippen LogP contribution in [-0.4, -0.2) is 47.3 Å². The molecule has 1 aliphatic rings. The fourth-order valence-corrected chi connectivity index (χ4v) is 4.31. The van der Waals surface area contributed by atoms with Crippen molar-refractivity contribution in [3.05, 3.63) is 59.2 Å². The van der Waals surface area contributed by atoms with E-state index in [1.807, 2.05) is 12.1 Å². The molecule has 31 heavy (non-hydrogen) atoms. The molecule has 1 aliphatic heterocycles. The Morgan fingerprint density at radius 2 is 1.81 bits per heavy atom. The normalized spacial score (nSPS) is 13.9. The van der Waals surface area contributed by atoms with Crippen LogP contribution in [0, 0.1) is 0 Å². The Labute approximate surface area is 203 Å². The predicted molar refractivity (Wildman–Crippen MR) is 140 cm³/mol. The number of guanidine groups is 1. The minimum absolute atomic E-state index is 0. The van der Waals surface area contributed by atoms with E-state index in [-0.39, 0.29) is 24.0 Å². The molecular weight excluding hydrogens is 523 g/mol. The van der Waals surface area contributed by atoms with Crippen molar-refractivity contribution in [3.63, 3.8) is 0 Å². The maximum absolute atomic E-state index is 11.6. The first-order valence-electron chi connectivity index (χ1n) is 10.5. The van der Waals surface area contributed by atoms with Crippen LogP contribution < -0.4 is 15.5 Å². The Bertz CT molecular complexity index is 991. The maximum atomic E-state index is 11.6. The molecule has 0 fully saturated rings. The molecule has 2 aromatic rings. The molecule has 6 nitrogen and oxygen atoms in total. The van der Waals surface area contributed by atoms with Crippen LogP contribution in [0.25, 0.3) is 0 Å². The number of sulfone groups is 1. The van der Waals surface area contributed by atoms with Crippen molar-refractivity contribution >= 4 is 45.5 Å². The lowest BCUT2D eigenvalue weighted by molar-refractivity contribution is 0.602. The van der Waals surface area contributed by atoms with Crippen molar-refractivity contribution in [2.24, 2.45) is 4.99 Å². The number of nitrogens with zero attached hydrogens (tertiary/aromatic N) is 2. The molecule has 0 radical (unpaired) electrons. The zero-order valence-electron chi connectivity index (χ0n) is 18.5. The van der Waals surface area contributed by atoms with Crippen LogP contribution >= 0.6 is 24.0 Å². The van der Waals surface area contributed by atoms with Gasteiger partial charge in [0.15, 0.2) is 15.8 Å². The molecule has 8 heteroatoms. The molecule has 0 spiro atoms. The summed E-state index contributed by atoms with van der Waals surface area (Å²) in [4.78, 5) is 7.40. The highest BCUT2D eigenvalue weighted by Gasteiger charge is 2.13. The van der Waals surface area contributed by atoms with Crippen LogP contribution in [0.3, 0.4) is 0 Å². The van der Waals surface area contributed by atoms with Crippen molar-refractivity contribution in [3.8, 4) is 0 Å². The minimum Gasteiger partial charge on any atom is -0.374 e. The number of aliphatic imine (C=N–C) groups is 1. The maximum Gasteiger partial charge on any atom is 0.191 e.